The fourth-order valence-electron chi connectivity index (χ4n) is 1.12. The van der Waals surface area contributed by atoms with E-state index in [0.717, 1.165) is 12.8 Å². The van der Waals surface area contributed by atoms with Crippen LogP contribution in [0.2, 0.25) is 0 Å². The molecule has 1 N–H and O–H groups in total. The van der Waals surface area contributed by atoms with E-state index in [1.165, 1.54) is 0 Å². The molecule has 1 heterocycles. The second kappa shape index (κ2) is 4.18. The Kier molecular flexibility index (Phi) is 3.16. The van der Waals surface area contributed by atoms with Gasteiger partial charge in [0.25, 0.3) is 0 Å². The molecule has 2 atom stereocenters. The maximum absolute atomic E-state index is 9.29. The highest BCUT2D eigenvalue weighted by atomic mass is 16.5. The van der Waals surface area contributed by atoms with Crippen LogP contribution >= 0.6 is 0 Å². The minimum absolute atomic E-state index is 0.234. The van der Waals surface area contributed by atoms with Crippen LogP contribution in [0.4, 0.5) is 0 Å². The predicted molar refractivity (Wildman–Crippen MR) is 39.0 cm³/mol. The molecule has 1 fully saturated rings. The van der Waals surface area contributed by atoms with E-state index >= 15 is 0 Å². The summed E-state index contributed by atoms with van der Waals surface area (Å²) in [6.07, 6.45) is 0.869. The highest BCUT2D eigenvalue weighted by Gasteiger charge is 2.22. The molecular weight excluding hydrogens is 146 g/mol. The average molecular weight is 157 g/mol. The molecule has 0 unspecified atom stereocenters. The Morgan fingerprint density at radius 2 is 2.55 bits per heavy atom. The summed E-state index contributed by atoms with van der Waals surface area (Å²) in [4.78, 5) is 2.60. The average Bonchev–Trinajstić information content (AvgIpc) is 2.03. The van der Waals surface area contributed by atoms with Gasteiger partial charge in [-0.25, -0.2) is 0 Å². The molecule has 11 heavy (non-hydrogen) atoms. The van der Waals surface area contributed by atoms with E-state index in [1.807, 2.05) is 0 Å². The maximum atomic E-state index is 9.29. The molecule has 0 spiro atoms. The molecule has 0 bridgehead atoms. The van der Waals surface area contributed by atoms with E-state index < -0.39 is 6.10 Å². The van der Waals surface area contributed by atoms with Crippen molar-refractivity contribution in [1.29, 1.82) is 0 Å². The Hall–Kier alpha value is -0.770. The molecule has 0 amide bonds. The standard InChI is InChI=1S/C6H11N3O2/c7-9-8-4-6-5(10)2-1-3-11-6/h5-6,10H,1-4H2/t5-,6+/m0/s1. The minimum atomic E-state index is -0.464. The Morgan fingerprint density at radius 3 is 3.18 bits per heavy atom. The van der Waals surface area contributed by atoms with Gasteiger partial charge in [-0.15, -0.1) is 0 Å². The Labute approximate surface area is 64.6 Å². The molecule has 1 saturated heterocycles. The van der Waals surface area contributed by atoms with Crippen LogP contribution in [-0.2, 0) is 4.74 Å². The molecule has 1 aliphatic rings. The van der Waals surface area contributed by atoms with Crippen LogP contribution < -0.4 is 0 Å². The molecule has 0 radical (unpaired) electrons. The van der Waals surface area contributed by atoms with Crippen LogP contribution in [0.15, 0.2) is 5.11 Å². The van der Waals surface area contributed by atoms with Crippen molar-refractivity contribution in [1.82, 2.24) is 0 Å². The summed E-state index contributed by atoms with van der Waals surface area (Å²) >= 11 is 0. The lowest BCUT2D eigenvalue weighted by molar-refractivity contribution is -0.0679. The summed E-state index contributed by atoms with van der Waals surface area (Å²) in [6.45, 7) is 0.889. The first-order chi connectivity index (χ1) is 5.34. The van der Waals surface area contributed by atoms with Crippen molar-refractivity contribution in [3.8, 4) is 0 Å². The van der Waals surface area contributed by atoms with E-state index in [4.69, 9.17) is 10.3 Å². The second-order valence-electron chi connectivity index (χ2n) is 2.53. The molecule has 5 heteroatoms. The van der Waals surface area contributed by atoms with E-state index in [0.29, 0.717) is 6.61 Å². The highest BCUT2D eigenvalue weighted by molar-refractivity contribution is 4.75. The van der Waals surface area contributed by atoms with Gasteiger partial charge in [0.2, 0.25) is 0 Å². The quantitative estimate of drug-likeness (QED) is 0.366. The van der Waals surface area contributed by atoms with Crippen molar-refractivity contribution >= 4 is 0 Å². The van der Waals surface area contributed by atoms with Crippen LogP contribution in [0.1, 0.15) is 12.8 Å². The van der Waals surface area contributed by atoms with E-state index in [2.05, 4.69) is 10.0 Å². The van der Waals surface area contributed by atoms with Crippen LogP contribution in [0.25, 0.3) is 10.4 Å². The van der Waals surface area contributed by atoms with Crippen LogP contribution in [0.5, 0.6) is 0 Å². The van der Waals surface area contributed by atoms with Crippen molar-refractivity contribution in [3.63, 3.8) is 0 Å². The number of aliphatic hydroxyl groups excluding tert-OH is 1. The van der Waals surface area contributed by atoms with Gasteiger partial charge in [0.1, 0.15) is 0 Å². The fourth-order valence-corrected chi connectivity index (χ4v) is 1.12. The molecule has 0 aliphatic carbocycles. The predicted octanol–water partition coefficient (Wildman–Crippen LogP) is 0.837. The van der Waals surface area contributed by atoms with Crippen LogP contribution in [-0.4, -0.2) is 30.5 Å². The number of hydrogen-bond donors (Lipinski definition) is 1. The number of nitrogens with zero attached hydrogens (tertiary/aromatic N) is 3. The molecule has 0 saturated carbocycles. The van der Waals surface area contributed by atoms with Crippen molar-refractivity contribution in [3.05, 3.63) is 10.4 Å². The summed E-state index contributed by atoms with van der Waals surface area (Å²) < 4.78 is 5.18. The van der Waals surface area contributed by atoms with Crippen LogP contribution in [0, 0.1) is 0 Å². The van der Waals surface area contributed by atoms with Crippen molar-refractivity contribution in [2.24, 2.45) is 5.11 Å². The maximum Gasteiger partial charge on any atom is 0.0890 e. The Bertz CT molecular complexity index is 167. The van der Waals surface area contributed by atoms with Crippen molar-refractivity contribution in [2.75, 3.05) is 13.2 Å². The highest BCUT2D eigenvalue weighted by Crippen LogP contribution is 2.13. The van der Waals surface area contributed by atoms with Gasteiger partial charge in [0.15, 0.2) is 0 Å². The third kappa shape index (κ3) is 2.38. The summed E-state index contributed by atoms with van der Waals surface area (Å²) in [5, 5.41) is 12.6. The minimum Gasteiger partial charge on any atom is -0.390 e. The van der Waals surface area contributed by atoms with Gasteiger partial charge in [-0.2, -0.15) is 0 Å². The van der Waals surface area contributed by atoms with Crippen molar-refractivity contribution in [2.45, 2.75) is 25.0 Å². The lowest BCUT2D eigenvalue weighted by Crippen LogP contribution is -2.36. The first-order valence-corrected chi connectivity index (χ1v) is 3.65. The number of rotatable bonds is 2. The van der Waals surface area contributed by atoms with Gasteiger partial charge in [-0.3, -0.25) is 0 Å². The lowest BCUT2D eigenvalue weighted by Gasteiger charge is -2.26. The molecule has 62 valence electrons. The lowest BCUT2D eigenvalue weighted by atomic mass is 10.1. The first-order valence-electron chi connectivity index (χ1n) is 3.65. The SMILES string of the molecule is [N-]=[N+]=NC[C@H]1OCCC[C@@H]1O. The van der Waals surface area contributed by atoms with Gasteiger partial charge in [0, 0.05) is 11.5 Å². The summed E-state index contributed by atoms with van der Waals surface area (Å²) in [5.74, 6) is 0. The second-order valence-corrected chi connectivity index (χ2v) is 2.53. The molecular formula is C6H11N3O2. The zero-order valence-corrected chi connectivity index (χ0v) is 6.18. The third-order valence-corrected chi connectivity index (χ3v) is 1.73. The molecule has 0 aromatic rings. The smallest absolute Gasteiger partial charge is 0.0890 e. The topological polar surface area (TPSA) is 78.2 Å². The van der Waals surface area contributed by atoms with Gasteiger partial charge in [-0.1, -0.05) is 5.11 Å². The van der Waals surface area contributed by atoms with Crippen molar-refractivity contribution < 1.29 is 9.84 Å². The van der Waals surface area contributed by atoms with Crippen LogP contribution in [0.3, 0.4) is 0 Å². The normalized spacial score (nSPS) is 31.0. The van der Waals surface area contributed by atoms with Gasteiger partial charge in [-0.05, 0) is 18.4 Å². The monoisotopic (exact) mass is 157 g/mol. The number of azide groups is 1. The van der Waals surface area contributed by atoms with Gasteiger partial charge >= 0.3 is 0 Å². The summed E-state index contributed by atoms with van der Waals surface area (Å²) in [5.41, 5.74) is 8.00. The summed E-state index contributed by atoms with van der Waals surface area (Å²) in [7, 11) is 0. The Morgan fingerprint density at radius 1 is 1.73 bits per heavy atom. The Balaban J connectivity index is 2.35. The fraction of sp³-hybridized carbons (Fsp3) is 1.00. The van der Waals surface area contributed by atoms with Gasteiger partial charge in [0.05, 0.1) is 18.8 Å². The van der Waals surface area contributed by atoms with Gasteiger partial charge < -0.3 is 9.84 Å². The van der Waals surface area contributed by atoms with E-state index in [1.54, 1.807) is 0 Å². The summed E-state index contributed by atoms with van der Waals surface area (Å²) in [6, 6.07) is 0. The zero-order valence-electron chi connectivity index (χ0n) is 6.18. The van der Waals surface area contributed by atoms with E-state index in [9.17, 15) is 5.11 Å². The molecule has 1 rings (SSSR count). The third-order valence-electron chi connectivity index (χ3n) is 1.73. The number of ether oxygens (including phenoxy) is 1. The largest absolute Gasteiger partial charge is 0.390 e. The number of aliphatic hydroxyl groups is 1. The molecule has 0 aromatic heterocycles. The van der Waals surface area contributed by atoms with E-state index in [-0.39, 0.29) is 12.6 Å². The molecule has 5 nitrogen and oxygen atoms in total. The zero-order chi connectivity index (χ0) is 8.10. The molecule has 0 aromatic carbocycles. The molecule has 1 aliphatic heterocycles. The number of hydrogen-bond acceptors (Lipinski definition) is 3. The first kappa shape index (κ1) is 8.33.